The van der Waals surface area contributed by atoms with Crippen LogP contribution in [0.25, 0.3) is 0 Å². The van der Waals surface area contributed by atoms with Gasteiger partial charge in [0.05, 0.1) is 15.6 Å². The number of hydrogen-bond acceptors (Lipinski definition) is 4. The number of anilines is 1. The van der Waals surface area contributed by atoms with Crippen LogP contribution in [0.15, 0.2) is 18.2 Å². The molecule has 4 bridgehead atoms. The van der Waals surface area contributed by atoms with E-state index in [1.807, 2.05) is 0 Å². The molecule has 0 aromatic heterocycles. The Bertz CT molecular complexity index is 717. The lowest BCUT2D eigenvalue weighted by atomic mass is 9.49. The molecular formula is C20H26ClN3O3. The molecule has 7 heteroatoms. The Hall–Kier alpha value is -1.82. The van der Waals surface area contributed by atoms with Crippen molar-refractivity contribution < 1.29 is 9.72 Å². The molecule has 0 aliphatic heterocycles. The van der Waals surface area contributed by atoms with Crippen LogP contribution >= 0.6 is 11.6 Å². The van der Waals surface area contributed by atoms with E-state index in [2.05, 4.69) is 10.6 Å². The lowest BCUT2D eigenvalue weighted by Gasteiger charge is -2.56. The van der Waals surface area contributed by atoms with Gasteiger partial charge in [0.25, 0.3) is 5.69 Å². The fourth-order valence-corrected chi connectivity index (χ4v) is 6.31. The smallest absolute Gasteiger partial charge is 0.271 e. The summed E-state index contributed by atoms with van der Waals surface area (Å²) >= 11 is 6.06. The van der Waals surface area contributed by atoms with Crippen molar-refractivity contribution in [2.45, 2.75) is 44.9 Å². The molecule has 0 radical (unpaired) electrons. The molecule has 1 amide bonds. The van der Waals surface area contributed by atoms with Crippen LogP contribution in [0, 0.1) is 33.3 Å². The highest BCUT2D eigenvalue weighted by molar-refractivity contribution is 6.33. The Morgan fingerprint density at radius 3 is 2.33 bits per heavy atom. The summed E-state index contributed by atoms with van der Waals surface area (Å²) in [5.41, 5.74) is 0.862. The summed E-state index contributed by atoms with van der Waals surface area (Å²) in [6.07, 6.45) is 8.55. The number of nitro benzene ring substituents is 1. The predicted octanol–water partition coefficient (Wildman–Crippen LogP) is 4.38. The molecule has 0 heterocycles. The van der Waals surface area contributed by atoms with Crippen LogP contribution in [0.3, 0.4) is 0 Å². The predicted molar refractivity (Wildman–Crippen MR) is 105 cm³/mol. The van der Waals surface area contributed by atoms with Crippen molar-refractivity contribution in [3.05, 3.63) is 33.3 Å². The highest BCUT2D eigenvalue weighted by Gasteiger charge is 2.51. The lowest BCUT2D eigenvalue weighted by Crippen LogP contribution is -2.48. The molecule has 27 heavy (non-hydrogen) atoms. The Kier molecular flexibility index (Phi) is 5.01. The summed E-state index contributed by atoms with van der Waals surface area (Å²) in [5.74, 6) is 2.72. The second-order valence-corrected chi connectivity index (χ2v) is 9.20. The fourth-order valence-electron chi connectivity index (χ4n) is 6.07. The molecule has 0 unspecified atom stereocenters. The van der Waals surface area contributed by atoms with Gasteiger partial charge in [-0.1, -0.05) is 11.6 Å². The number of carbonyl (C=O) groups is 1. The number of halogens is 1. The standard InChI is InChI=1S/C20H26ClN3O3/c21-17-8-16(24(26)27)1-2-18(17)22-3-4-23-19(25)12-20-9-13-5-14(10-20)7-15(6-13)11-20/h1-2,8,13-15,22H,3-7,9-12H2,(H,23,25). The Balaban J connectivity index is 1.23. The molecule has 1 aromatic rings. The van der Waals surface area contributed by atoms with E-state index < -0.39 is 4.92 Å². The highest BCUT2D eigenvalue weighted by Crippen LogP contribution is 2.61. The molecule has 4 fully saturated rings. The van der Waals surface area contributed by atoms with Crippen LogP contribution in [0.5, 0.6) is 0 Å². The minimum Gasteiger partial charge on any atom is -0.382 e. The third-order valence-electron chi connectivity index (χ3n) is 6.63. The largest absolute Gasteiger partial charge is 0.382 e. The van der Waals surface area contributed by atoms with Gasteiger partial charge in [-0.3, -0.25) is 14.9 Å². The van der Waals surface area contributed by atoms with Crippen molar-refractivity contribution in [3.8, 4) is 0 Å². The Morgan fingerprint density at radius 2 is 1.78 bits per heavy atom. The molecule has 0 atom stereocenters. The molecule has 5 rings (SSSR count). The van der Waals surface area contributed by atoms with Crippen molar-refractivity contribution in [2.75, 3.05) is 18.4 Å². The first-order chi connectivity index (χ1) is 12.9. The molecule has 4 saturated carbocycles. The summed E-state index contributed by atoms with van der Waals surface area (Å²) in [6.45, 7) is 1.04. The third kappa shape index (κ3) is 4.05. The molecule has 4 aliphatic rings. The van der Waals surface area contributed by atoms with Gasteiger partial charge in [-0.15, -0.1) is 0 Å². The van der Waals surface area contributed by atoms with Crippen LogP contribution in [-0.2, 0) is 4.79 Å². The van der Waals surface area contributed by atoms with Gasteiger partial charge in [-0.25, -0.2) is 0 Å². The molecule has 0 saturated heterocycles. The molecule has 1 aromatic carbocycles. The fraction of sp³-hybridized carbons (Fsp3) is 0.650. The number of nitro groups is 1. The monoisotopic (exact) mass is 391 g/mol. The number of benzene rings is 1. The third-order valence-corrected chi connectivity index (χ3v) is 6.94. The SMILES string of the molecule is O=C(CC12CC3CC(CC(C3)C1)C2)NCCNc1ccc([N+](=O)[O-])cc1Cl. The first-order valence-corrected chi connectivity index (χ1v) is 10.2. The molecule has 2 N–H and O–H groups in total. The minimum absolute atomic E-state index is 0.0329. The molecule has 146 valence electrons. The van der Waals surface area contributed by atoms with Crippen LogP contribution in [0.1, 0.15) is 44.9 Å². The number of non-ortho nitro benzene ring substituents is 1. The maximum Gasteiger partial charge on any atom is 0.271 e. The van der Waals surface area contributed by atoms with E-state index >= 15 is 0 Å². The van der Waals surface area contributed by atoms with Crippen LogP contribution < -0.4 is 10.6 Å². The van der Waals surface area contributed by atoms with E-state index in [0.29, 0.717) is 30.2 Å². The maximum absolute atomic E-state index is 12.5. The minimum atomic E-state index is -0.472. The average molecular weight is 392 g/mol. The average Bonchev–Trinajstić information content (AvgIpc) is 2.58. The van der Waals surface area contributed by atoms with E-state index in [1.54, 1.807) is 6.07 Å². The quantitative estimate of drug-likeness (QED) is 0.410. The van der Waals surface area contributed by atoms with Crippen molar-refractivity contribution in [1.82, 2.24) is 5.32 Å². The summed E-state index contributed by atoms with van der Waals surface area (Å²) in [7, 11) is 0. The van der Waals surface area contributed by atoms with Crippen LogP contribution in [0.2, 0.25) is 5.02 Å². The zero-order chi connectivity index (χ0) is 19.0. The first kappa shape index (κ1) is 18.5. The van der Waals surface area contributed by atoms with E-state index in [0.717, 1.165) is 17.8 Å². The van der Waals surface area contributed by atoms with Gasteiger partial charge in [0, 0.05) is 31.6 Å². The Labute approximate surface area is 164 Å². The lowest BCUT2D eigenvalue weighted by molar-refractivity contribution is -0.384. The molecule has 0 spiro atoms. The molecular weight excluding hydrogens is 366 g/mol. The zero-order valence-corrected chi connectivity index (χ0v) is 16.1. The summed E-state index contributed by atoms with van der Waals surface area (Å²) in [4.78, 5) is 22.8. The van der Waals surface area contributed by atoms with Gasteiger partial charge in [-0.2, -0.15) is 0 Å². The van der Waals surface area contributed by atoms with Gasteiger partial charge >= 0.3 is 0 Å². The van der Waals surface area contributed by atoms with Gasteiger partial charge in [0.2, 0.25) is 5.91 Å². The van der Waals surface area contributed by atoms with Crippen LogP contribution in [-0.4, -0.2) is 23.9 Å². The number of nitrogens with one attached hydrogen (secondary N) is 2. The van der Waals surface area contributed by atoms with Crippen LogP contribution in [0.4, 0.5) is 11.4 Å². The zero-order valence-electron chi connectivity index (χ0n) is 15.4. The molecule has 4 aliphatic carbocycles. The molecule has 6 nitrogen and oxygen atoms in total. The van der Waals surface area contributed by atoms with E-state index in [9.17, 15) is 14.9 Å². The van der Waals surface area contributed by atoms with Gasteiger partial charge in [0.1, 0.15) is 0 Å². The number of amides is 1. The summed E-state index contributed by atoms with van der Waals surface area (Å²) in [6, 6.07) is 4.34. The van der Waals surface area contributed by atoms with Crippen molar-refractivity contribution in [3.63, 3.8) is 0 Å². The Morgan fingerprint density at radius 1 is 1.15 bits per heavy atom. The van der Waals surface area contributed by atoms with Crippen molar-refractivity contribution in [2.24, 2.45) is 23.2 Å². The number of rotatable bonds is 7. The second-order valence-electron chi connectivity index (χ2n) is 8.79. The maximum atomic E-state index is 12.5. The highest BCUT2D eigenvalue weighted by atomic mass is 35.5. The second kappa shape index (κ2) is 7.30. The normalized spacial score (nSPS) is 30.9. The van der Waals surface area contributed by atoms with Crippen molar-refractivity contribution >= 4 is 28.9 Å². The van der Waals surface area contributed by atoms with Crippen molar-refractivity contribution in [1.29, 1.82) is 0 Å². The summed E-state index contributed by atoms with van der Waals surface area (Å²) < 4.78 is 0. The van der Waals surface area contributed by atoms with E-state index in [1.165, 1.54) is 50.7 Å². The number of carbonyl (C=O) groups excluding carboxylic acids is 1. The van der Waals surface area contributed by atoms with E-state index in [4.69, 9.17) is 11.6 Å². The van der Waals surface area contributed by atoms with E-state index in [-0.39, 0.29) is 17.0 Å². The number of nitrogens with zero attached hydrogens (tertiary/aromatic N) is 1. The van der Waals surface area contributed by atoms with Gasteiger partial charge in [-0.05, 0) is 67.8 Å². The first-order valence-electron chi connectivity index (χ1n) is 9.87. The number of hydrogen-bond donors (Lipinski definition) is 2. The van der Waals surface area contributed by atoms with Gasteiger partial charge < -0.3 is 10.6 Å². The van der Waals surface area contributed by atoms with Gasteiger partial charge in [0.15, 0.2) is 0 Å². The topological polar surface area (TPSA) is 84.3 Å². The summed E-state index contributed by atoms with van der Waals surface area (Å²) in [5, 5.41) is 17.2.